The Morgan fingerprint density at radius 1 is 1.06 bits per heavy atom. The summed E-state index contributed by atoms with van der Waals surface area (Å²) in [5, 5.41) is 16.8. The fourth-order valence-electron chi connectivity index (χ4n) is 6.50. The highest BCUT2D eigenvalue weighted by Gasteiger charge is 2.71. The number of hydrogen-bond acceptors (Lipinski definition) is 5. The minimum absolute atomic E-state index is 0.108. The lowest BCUT2D eigenvalue weighted by atomic mass is 9.75. The van der Waals surface area contributed by atoms with Crippen LogP contribution in [0.1, 0.15) is 62.1 Å². The normalized spacial score (nSPS) is 34.1. The zero-order valence-corrected chi connectivity index (χ0v) is 18.4. The molecule has 0 aromatic heterocycles. The predicted octanol–water partition coefficient (Wildman–Crippen LogP) is 2.13. The molecule has 3 heterocycles. The molecule has 0 bridgehead atoms. The molecule has 3 fully saturated rings. The lowest BCUT2D eigenvalue weighted by Gasteiger charge is -2.32. The fourth-order valence-corrected chi connectivity index (χ4v) is 6.50. The number of fused-ring (bicyclic) bond motifs is 4. The summed E-state index contributed by atoms with van der Waals surface area (Å²) in [6, 6.07) is 3.16. The molecule has 7 heteroatoms. The van der Waals surface area contributed by atoms with Gasteiger partial charge in [-0.2, -0.15) is 0 Å². The highest BCUT2D eigenvalue weighted by atomic mass is 16.3. The second-order valence-electron chi connectivity index (χ2n) is 9.87. The van der Waals surface area contributed by atoms with Gasteiger partial charge >= 0.3 is 0 Å². The van der Waals surface area contributed by atoms with E-state index in [4.69, 9.17) is 0 Å². The summed E-state index contributed by atoms with van der Waals surface area (Å²) in [7, 11) is 0. The molecule has 7 nitrogen and oxygen atoms in total. The summed E-state index contributed by atoms with van der Waals surface area (Å²) >= 11 is 0. The Morgan fingerprint density at radius 2 is 1.74 bits per heavy atom. The molecule has 1 spiro atoms. The number of rotatable bonds is 2. The summed E-state index contributed by atoms with van der Waals surface area (Å²) in [5.41, 5.74) is 2.02. The largest absolute Gasteiger partial charge is 0.392 e. The van der Waals surface area contributed by atoms with E-state index in [1.165, 1.54) is 4.90 Å². The molecule has 166 valence electrons. The maximum atomic E-state index is 13.9. The Morgan fingerprint density at radius 3 is 2.39 bits per heavy atom. The lowest BCUT2D eigenvalue weighted by molar-refractivity contribution is -0.146. The number of aryl methyl sites for hydroxylation is 2. The number of carbonyl (C=O) groups is 3. The van der Waals surface area contributed by atoms with Gasteiger partial charge in [-0.15, -0.1) is 0 Å². The molecule has 3 aliphatic heterocycles. The van der Waals surface area contributed by atoms with E-state index in [9.17, 15) is 19.5 Å². The minimum atomic E-state index is -1.33. The number of anilines is 1. The predicted molar refractivity (Wildman–Crippen MR) is 115 cm³/mol. The van der Waals surface area contributed by atoms with E-state index in [0.717, 1.165) is 55.2 Å². The second kappa shape index (κ2) is 7.14. The van der Waals surface area contributed by atoms with E-state index in [1.807, 2.05) is 26.0 Å². The molecule has 31 heavy (non-hydrogen) atoms. The van der Waals surface area contributed by atoms with Crippen LogP contribution in [0, 0.1) is 25.7 Å². The summed E-state index contributed by atoms with van der Waals surface area (Å²) in [6.45, 7) is 5.51. The van der Waals surface area contributed by atoms with Crippen LogP contribution in [0.5, 0.6) is 0 Å². The minimum Gasteiger partial charge on any atom is -0.392 e. The van der Waals surface area contributed by atoms with Crippen LogP contribution in [0.2, 0.25) is 0 Å². The second-order valence-corrected chi connectivity index (χ2v) is 9.87. The SMILES string of the molecule is Cc1cc(C)c2c(c1)C1(NC(C(C)O)[C@@H]3C(=O)N(C4CCCCCC4)C(=O)[C@@H]31)C(=O)N2. The number of imide groups is 1. The maximum absolute atomic E-state index is 13.9. The molecule has 4 aliphatic rings. The van der Waals surface area contributed by atoms with Gasteiger partial charge in [-0.25, -0.2) is 0 Å². The van der Waals surface area contributed by atoms with Gasteiger partial charge in [0.1, 0.15) is 5.54 Å². The Kier molecular flexibility index (Phi) is 4.75. The van der Waals surface area contributed by atoms with Crippen molar-refractivity contribution < 1.29 is 19.5 Å². The van der Waals surface area contributed by atoms with Gasteiger partial charge in [0.2, 0.25) is 17.7 Å². The smallest absolute Gasteiger partial charge is 0.250 e. The van der Waals surface area contributed by atoms with Crippen molar-refractivity contribution in [3.8, 4) is 0 Å². The highest BCUT2D eigenvalue weighted by molar-refractivity contribution is 6.15. The van der Waals surface area contributed by atoms with Gasteiger partial charge in [-0.1, -0.05) is 43.4 Å². The molecule has 3 unspecified atom stereocenters. The molecule has 3 amide bonds. The van der Waals surface area contributed by atoms with Crippen LogP contribution in [0.15, 0.2) is 12.1 Å². The summed E-state index contributed by atoms with van der Waals surface area (Å²) in [6.07, 6.45) is 5.01. The number of carbonyl (C=O) groups excluding carboxylic acids is 3. The van der Waals surface area contributed by atoms with Crippen molar-refractivity contribution in [1.29, 1.82) is 0 Å². The van der Waals surface area contributed by atoms with Crippen LogP contribution >= 0.6 is 0 Å². The number of nitrogens with one attached hydrogen (secondary N) is 2. The van der Waals surface area contributed by atoms with Crippen molar-refractivity contribution in [3.63, 3.8) is 0 Å². The van der Waals surface area contributed by atoms with Crippen LogP contribution in [0.3, 0.4) is 0 Å². The molecule has 1 saturated carbocycles. The number of benzene rings is 1. The van der Waals surface area contributed by atoms with Gasteiger partial charge in [0, 0.05) is 23.3 Å². The number of aliphatic hydroxyl groups is 1. The first kappa shape index (κ1) is 20.6. The van der Waals surface area contributed by atoms with E-state index in [0.29, 0.717) is 5.69 Å². The number of aliphatic hydroxyl groups excluding tert-OH is 1. The lowest BCUT2D eigenvalue weighted by Crippen LogP contribution is -2.55. The third-order valence-corrected chi connectivity index (χ3v) is 7.84. The molecule has 5 rings (SSSR count). The number of amides is 3. The van der Waals surface area contributed by atoms with Crippen molar-refractivity contribution in [2.24, 2.45) is 11.8 Å². The maximum Gasteiger partial charge on any atom is 0.250 e. The molecule has 2 saturated heterocycles. The van der Waals surface area contributed by atoms with E-state index >= 15 is 0 Å². The number of nitrogens with zero attached hydrogens (tertiary/aromatic N) is 1. The third-order valence-electron chi connectivity index (χ3n) is 7.84. The Labute approximate surface area is 182 Å². The van der Waals surface area contributed by atoms with Crippen molar-refractivity contribution >= 4 is 23.4 Å². The van der Waals surface area contributed by atoms with E-state index in [-0.39, 0.29) is 23.8 Å². The average Bonchev–Trinajstić information content (AvgIpc) is 3.18. The Bertz CT molecular complexity index is 966. The van der Waals surface area contributed by atoms with Crippen molar-refractivity contribution in [2.75, 3.05) is 5.32 Å². The molecule has 1 aliphatic carbocycles. The average molecular weight is 426 g/mol. The molecular weight excluding hydrogens is 394 g/mol. The molecule has 3 N–H and O–H groups in total. The third kappa shape index (κ3) is 2.75. The molecule has 1 aromatic carbocycles. The van der Waals surface area contributed by atoms with Gasteiger partial charge in [-0.05, 0) is 39.2 Å². The van der Waals surface area contributed by atoms with E-state index in [1.54, 1.807) is 6.92 Å². The van der Waals surface area contributed by atoms with Crippen LogP contribution in [-0.4, -0.2) is 45.9 Å². The van der Waals surface area contributed by atoms with E-state index < -0.39 is 29.5 Å². The zero-order chi connectivity index (χ0) is 22.1. The standard InChI is InChI=1S/C24H31N3O4/c1-12-10-13(2)19-16(11-12)24(23(31)25-19)18-17(20(26-24)14(3)28)21(29)27(22(18)30)15-8-6-4-5-7-9-15/h10-11,14-15,17-18,20,26,28H,4-9H2,1-3H3,(H,25,31)/t14?,17-,18-,20?,24?/m1/s1. The van der Waals surface area contributed by atoms with Crippen LogP contribution in [-0.2, 0) is 19.9 Å². The molecule has 0 radical (unpaired) electrons. The van der Waals surface area contributed by atoms with Gasteiger partial charge in [0.15, 0.2) is 0 Å². The fraction of sp³-hybridized carbons (Fsp3) is 0.625. The van der Waals surface area contributed by atoms with Gasteiger partial charge in [-0.3, -0.25) is 24.6 Å². The zero-order valence-electron chi connectivity index (χ0n) is 18.4. The topological polar surface area (TPSA) is 98.7 Å². The number of hydrogen-bond donors (Lipinski definition) is 3. The Balaban J connectivity index is 1.65. The van der Waals surface area contributed by atoms with Crippen molar-refractivity contribution in [2.45, 2.75) is 83.0 Å². The Hall–Kier alpha value is -2.25. The first-order valence-corrected chi connectivity index (χ1v) is 11.5. The molecular formula is C24H31N3O4. The quantitative estimate of drug-likeness (QED) is 0.498. The summed E-state index contributed by atoms with van der Waals surface area (Å²) in [5.74, 6) is -2.39. The van der Waals surface area contributed by atoms with Crippen molar-refractivity contribution in [1.82, 2.24) is 10.2 Å². The van der Waals surface area contributed by atoms with Gasteiger partial charge in [0.05, 0.1) is 17.9 Å². The van der Waals surface area contributed by atoms with Crippen LogP contribution in [0.4, 0.5) is 5.69 Å². The van der Waals surface area contributed by atoms with Crippen LogP contribution in [0.25, 0.3) is 0 Å². The first-order valence-electron chi connectivity index (χ1n) is 11.5. The molecule has 5 atom stereocenters. The molecule has 1 aromatic rings. The highest BCUT2D eigenvalue weighted by Crippen LogP contribution is 2.54. The first-order chi connectivity index (χ1) is 14.8. The summed E-state index contributed by atoms with van der Waals surface area (Å²) < 4.78 is 0. The summed E-state index contributed by atoms with van der Waals surface area (Å²) in [4.78, 5) is 42.5. The van der Waals surface area contributed by atoms with Gasteiger partial charge in [0.25, 0.3) is 0 Å². The van der Waals surface area contributed by atoms with Crippen LogP contribution < -0.4 is 10.6 Å². The number of likely N-dealkylation sites (tertiary alicyclic amines) is 1. The van der Waals surface area contributed by atoms with E-state index in [2.05, 4.69) is 10.6 Å². The monoisotopic (exact) mass is 425 g/mol. The van der Waals surface area contributed by atoms with Crippen molar-refractivity contribution in [3.05, 3.63) is 28.8 Å². The van der Waals surface area contributed by atoms with Gasteiger partial charge < -0.3 is 10.4 Å².